The third-order valence-corrected chi connectivity index (χ3v) is 2.84. The van der Waals surface area contributed by atoms with E-state index < -0.39 is 5.54 Å². The van der Waals surface area contributed by atoms with Crippen molar-refractivity contribution in [3.8, 4) is 0 Å². The second-order valence-corrected chi connectivity index (χ2v) is 4.61. The fourth-order valence-electron chi connectivity index (χ4n) is 1.80. The SMILES string of the molecule is COC(=O)C(C)(N)CC(C)OC1CCC1. The smallest absolute Gasteiger partial charge is 0.325 e. The highest BCUT2D eigenvalue weighted by Gasteiger charge is 2.33. The summed E-state index contributed by atoms with van der Waals surface area (Å²) in [7, 11) is 1.35. The summed E-state index contributed by atoms with van der Waals surface area (Å²) in [4.78, 5) is 11.3. The lowest BCUT2D eigenvalue weighted by molar-refractivity contribution is -0.148. The first-order chi connectivity index (χ1) is 6.95. The predicted octanol–water partition coefficient (Wildman–Crippen LogP) is 1.22. The Hall–Kier alpha value is -0.610. The zero-order valence-electron chi connectivity index (χ0n) is 9.79. The van der Waals surface area contributed by atoms with Crippen LogP contribution in [0.2, 0.25) is 0 Å². The topological polar surface area (TPSA) is 61.5 Å². The molecule has 0 amide bonds. The molecule has 1 rings (SSSR count). The number of hydrogen-bond acceptors (Lipinski definition) is 4. The summed E-state index contributed by atoms with van der Waals surface area (Å²) in [6, 6.07) is 0. The van der Waals surface area contributed by atoms with Crippen molar-refractivity contribution < 1.29 is 14.3 Å². The number of nitrogens with two attached hydrogens (primary N) is 1. The van der Waals surface area contributed by atoms with Gasteiger partial charge in [0, 0.05) is 6.42 Å². The molecule has 0 saturated heterocycles. The molecule has 15 heavy (non-hydrogen) atoms. The van der Waals surface area contributed by atoms with Gasteiger partial charge in [-0.3, -0.25) is 4.79 Å². The third-order valence-electron chi connectivity index (χ3n) is 2.84. The molecule has 1 fully saturated rings. The quantitative estimate of drug-likeness (QED) is 0.700. The molecular weight excluding hydrogens is 194 g/mol. The van der Waals surface area contributed by atoms with Crippen molar-refractivity contribution >= 4 is 5.97 Å². The van der Waals surface area contributed by atoms with Crippen LogP contribution >= 0.6 is 0 Å². The van der Waals surface area contributed by atoms with Gasteiger partial charge in [0.05, 0.1) is 19.3 Å². The van der Waals surface area contributed by atoms with Crippen molar-refractivity contribution in [3.05, 3.63) is 0 Å². The molecule has 2 atom stereocenters. The molecule has 1 aliphatic rings. The van der Waals surface area contributed by atoms with Crippen LogP contribution in [-0.2, 0) is 14.3 Å². The van der Waals surface area contributed by atoms with Gasteiger partial charge in [-0.25, -0.2) is 0 Å². The molecule has 0 heterocycles. The molecule has 0 aromatic rings. The summed E-state index contributed by atoms with van der Waals surface area (Å²) in [5.41, 5.74) is 4.91. The van der Waals surface area contributed by atoms with Crippen LogP contribution < -0.4 is 5.73 Å². The molecule has 4 nitrogen and oxygen atoms in total. The molecule has 2 N–H and O–H groups in total. The van der Waals surface area contributed by atoms with Gasteiger partial charge >= 0.3 is 5.97 Å². The Morgan fingerprint density at radius 2 is 2.20 bits per heavy atom. The van der Waals surface area contributed by atoms with Gasteiger partial charge in [0.25, 0.3) is 0 Å². The fourth-order valence-corrected chi connectivity index (χ4v) is 1.80. The van der Waals surface area contributed by atoms with E-state index in [0.717, 1.165) is 12.8 Å². The zero-order chi connectivity index (χ0) is 11.5. The summed E-state index contributed by atoms with van der Waals surface area (Å²) in [6.45, 7) is 3.63. The largest absolute Gasteiger partial charge is 0.468 e. The number of carbonyl (C=O) groups is 1. The minimum absolute atomic E-state index is 0.00407. The van der Waals surface area contributed by atoms with Gasteiger partial charge in [-0.1, -0.05) is 0 Å². The van der Waals surface area contributed by atoms with Crippen molar-refractivity contribution in [2.45, 2.75) is 57.3 Å². The summed E-state index contributed by atoms with van der Waals surface area (Å²) < 4.78 is 10.4. The van der Waals surface area contributed by atoms with E-state index in [-0.39, 0.29) is 12.1 Å². The number of esters is 1. The molecular formula is C11H21NO3. The van der Waals surface area contributed by atoms with Crippen molar-refractivity contribution in [2.75, 3.05) is 7.11 Å². The molecule has 0 aliphatic heterocycles. The third kappa shape index (κ3) is 3.47. The summed E-state index contributed by atoms with van der Waals surface area (Å²) in [6.07, 6.45) is 4.37. The Balaban J connectivity index is 2.34. The maximum Gasteiger partial charge on any atom is 0.325 e. The molecule has 0 aromatic heterocycles. The second kappa shape index (κ2) is 4.94. The molecule has 4 heteroatoms. The number of hydrogen-bond donors (Lipinski definition) is 1. The normalized spacial score (nSPS) is 22.7. The molecule has 1 saturated carbocycles. The summed E-state index contributed by atoms with van der Waals surface area (Å²) in [5.74, 6) is -0.383. The van der Waals surface area contributed by atoms with Crippen molar-refractivity contribution in [2.24, 2.45) is 5.73 Å². The van der Waals surface area contributed by atoms with E-state index in [9.17, 15) is 4.79 Å². The van der Waals surface area contributed by atoms with Gasteiger partial charge in [0.1, 0.15) is 5.54 Å². The van der Waals surface area contributed by atoms with E-state index in [1.165, 1.54) is 13.5 Å². The number of carbonyl (C=O) groups excluding carboxylic acids is 1. The predicted molar refractivity (Wildman–Crippen MR) is 57.4 cm³/mol. The van der Waals surface area contributed by atoms with Crippen LogP contribution in [-0.4, -0.2) is 30.8 Å². The second-order valence-electron chi connectivity index (χ2n) is 4.61. The average molecular weight is 215 g/mol. The van der Waals surface area contributed by atoms with Gasteiger partial charge in [-0.2, -0.15) is 0 Å². The van der Waals surface area contributed by atoms with E-state index >= 15 is 0 Å². The monoisotopic (exact) mass is 215 g/mol. The fraction of sp³-hybridized carbons (Fsp3) is 0.909. The molecule has 0 spiro atoms. The number of ether oxygens (including phenoxy) is 2. The van der Waals surface area contributed by atoms with Gasteiger partial charge in [0.15, 0.2) is 0 Å². The van der Waals surface area contributed by atoms with Crippen LogP contribution in [0.25, 0.3) is 0 Å². The van der Waals surface area contributed by atoms with Crippen molar-refractivity contribution in [1.82, 2.24) is 0 Å². The van der Waals surface area contributed by atoms with E-state index in [0.29, 0.717) is 12.5 Å². The van der Waals surface area contributed by atoms with Crippen molar-refractivity contribution in [1.29, 1.82) is 0 Å². The molecule has 88 valence electrons. The maximum absolute atomic E-state index is 11.3. The highest BCUT2D eigenvalue weighted by Crippen LogP contribution is 2.25. The standard InChI is InChI=1S/C11H21NO3/c1-8(15-9-5-4-6-9)7-11(2,12)10(13)14-3/h8-9H,4-7,12H2,1-3H3. The van der Waals surface area contributed by atoms with E-state index in [2.05, 4.69) is 4.74 Å². The molecule has 0 bridgehead atoms. The van der Waals surface area contributed by atoms with Crippen LogP contribution in [0.5, 0.6) is 0 Å². The average Bonchev–Trinajstić information content (AvgIpc) is 2.09. The first-order valence-corrected chi connectivity index (χ1v) is 5.48. The lowest BCUT2D eigenvalue weighted by atomic mass is 9.93. The zero-order valence-corrected chi connectivity index (χ0v) is 9.79. The highest BCUT2D eigenvalue weighted by atomic mass is 16.5. The maximum atomic E-state index is 11.3. The number of methoxy groups -OCH3 is 1. The van der Waals surface area contributed by atoms with Crippen molar-refractivity contribution in [3.63, 3.8) is 0 Å². The van der Waals surface area contributed by atoms with Gasteiger partial charge < -0.3 is 15.2 Å². The van der Waals surface area contributed by atoms with E-state index in [4.69, 9.17) is 10.5 Å². The van der Waals surface area contributed by atoms with Gasteiger partial charge in [-0.05, 0) is 33.1 Å². The Kier molecular flexibility index (Phi) is 4.11. The van der Waals surface area contributed by atoms with Crippen LogP contribution in [0.15, 0.2) is 0 Å². The van der Waals surface area contributed by atoms with Crippen LogP contribution in [0.1, 0.15) is 39.5 Å². The lowest BCUT2D eigenvalue weighted by Gasteiger charge is -2.32. The van der Waals surface area contributed by atoms with E-state index in [1.54, 1.807) is 6.92 Å². The summed E-state index contributed by atoms with van der Waals surface area (Å²) in [5, 5.41) is 0. The Bertz CT molecular complexity index is 224. The minimum Gasteiger partial charge on any atom is -0.468 e. The first kappa shape index (κ1) is 12.5. The molecule has 1 aliphatic carbocycles. The highest BCUT2D eigenvalue weighted by molar-refractivity contribution is 5.79. The van der Waals surface area contributed by atoms with Gasteiger partial charge in [-0.15, -0.1) is 0 Å². The lowest BCUT2D eigenvalue weighted by Crippen LogP contribution is -2.48. The van der Waals surface area contributed by atoms with Gasteiger partial charge in [0.2, 0.25) is 0 Å². The number of rotatable bonds is 5. The van der Waals surface area contributed by atoms with Crippen LogP contribution in [0.4, 0.5) is 0 Å². The van der Waals surface area contributed by atoms with Crippen LogP contribution in [0.3, 0.4) is 0 Å². The van der Waals surface area contributed by atoms with E-state index in [1.807, 2.05) is 6.92 Å². The molecule has 2 unspecified atom stereocenters. The Labute approximate surface area is 91.1 Å². The summed E-state index contributed by atoms with van der Waals surface area (Å²) >= 11 is 0. The molecule has 0 aromatic carbocycles. The Morgan fingerprint density at radius 1 is 1.60 bits per heavy atom. The molecule has 0 radical (unpaired) electrons. The first-order valence-electron chi connectivity index (χ1n) is 5.48. The van der Waals surface area contributed by atoms with Crippen LogP contribution in [0, 0.1) is 0 Å². The minimum atomic E-state index is -0.947. The Morgan fingerprint density at radius 3 is 2.60 bits per heavy atom.